The van der Waals surface area contributed by atoms with E-state index in [2.05, 4.69) is 0 Å². The average molecular weight is 422 g/mol. The van der Waals surface area contributed by atoms with Crippen LogP contribution >= 0.6 is 0 Å². The number of nitrogens with zero attached hydrogens (tertiary/aromatic N) is 1. The Hall–Kier alpha value is -2.96. The van der Waals surface area contributed by atoms with Crippen molar-refractivity contribution in [2.24, 2.45) is 0 Å². The quantitative estimate of drug-likeness (QED) is 0.582. The van der Waals surface area contributed by atoms with E-state index in [1.165, 1.54) is 22.0 Å². The van der Waals surface area contributed by atoms with Crippen LogP contribution in [0.2, 0.25) is 0 Å². The first-order valence-corrected chi connectivity index (χ1v) is 11.3. The molecule has 3 aromatic carbocycles. The largest absolute Gasteiger partial charge is 0.457 e. The number of carbonyl (C=O) groups is 1. The van der Waals surface area contributed by atoms with Crippen molar-refractivity contribution in [3.8, 4) is 0 Å². The first-order valence-electron chi connectivity index (χ1n) is 9.83. The molecule has 0 unspecified atom stereocenters. The maximum absolute atomic E-state index is 13.2. The minimum atomic E-state index is -3.71. The Balaban J connectivity index is 1.50. The molecular formula is C24H23NO4S. The second-order valence-electron chi connectivity index (χ2n) is 7.45. The van der Waals surface area contributed by atoms with E-state index in [9.17, 15) is 13.2 Å². The van der Waals surface area contributed by atoms with Crippen LogP contribution in [0.5, 0.6) is 0 Å². The summed E-state index contributed by atoms with van der Waals surface area (Å²) in [7, 11) is -3.71. The lowest BCUT2D eigenvalue weighted by atomic mass is 10.0. The summed E-state index contributed by atoms with van der Waals surface area (Å²) in [5.74, 6) is -0.544. The third kappa shape index (κ3) is 4.30. The van der Waals surface area contributed by atoms with Crippen molar-refractivity contribution < 1.29 is 17.9 Å². The van der Waals surface area contributed by atoms with Gasteiger partial charge in [0.2, 0.25) is 10.0 Å². The van der Waals surface area contributed by atoms with Crippen molar-refractivity contribution in [1.29, 1.82) is 0 Å². The molecule has 4 rings (SSSR count). The van der Waals surface area contributed by atoms with E-state index in [1.54, 1.807) is 12.1 Å². The summed E-state index contributed by atoms with van der Waals surface area (Å²) in [4.78, 5) is 12.6. The lowest BCUT2D eigenvalue weighted by molar-refractivity contribution is 0.0472. The van der Waals surface area contributed by atoms with Crippen LogP contribution in [0, 0.1) is 6.92 Å². The van der Waals surface area contributed by atoms with E-state index in [4.69, 9.17) is 4.74 Å². The number of hydrogen-bond acceptors (Lipinski definition) is 4. The third-order valence-corrected chi connectivity index (χ3v) is 7.10. The Bertz CT molecular complexity index is 1190. The summed E-state index contributed by atoms with van der Waals surface area (Å²) in [6, 6.07) is 21.6. The normalized spacial score (nSPS) is 14.2. The minimum absolute atomic E-state index is 0.104. The van der Waals surface area contributed by atoms with Gasteiger partial charge in [0.25, 0.3) is 0 Å². The van der Waals surface area contributed by atoms with Gasteiger partial charge in [0.1, 0.15) is 6.61 Å². The van der Waals surface area contributed by atoms with Gasteiger partial charge in [-0.2, -0.15) is 4.31 Å². The highest BCUT2D eigenvalue weighted by molar-refractivity contribution is 7.89. The maximum Gasteiger partial charge on any atom is 0.338 e. The van der Waals surface area contributed by atoms with Gasteiger partial charge in [0.15, 0.2) is 0 Å². The van der Waals surface area contributed by atoms with Gasteiger partial charge in [-0.15, -0.1) is 0 Å². The van der Waals surface area contributed by atoms with Crippen LogP contribution in [0.25, 0.3) is 0 Å². The fourth-order valence-electron chi connectivity index (χ4n) is 3.64. The second kappa shape index (κ2) is 8.42. The van der Waals surface area contributed by atoms with E-state index >= 15 is 0 Å². The predicted octanol–water partition coefficient (Wildman–Crippen LogP) is 4.10. The Labute approximate surface area is 177 Å². The number of carbonyl (C=O) groups excluding carboxylic acids is 1. The van der Waals surface area contributed by atoms with Gasteiger partial charge in [-0.3, -0.25) is 0 Å². The molecule has 0 saturated carbocycles. The molecular weight excluding hydrogens is 398 g/mol. The number of sulfonamides is 1. The van der Waals surface area contributed by atoms with Gasteiger partial charge < -0.3 is 4.74 Å². The number of aryl methyl sites for hydroxylation is 1. The van der Waals surface area contributed by atoms with Crippen LogP contribution in [0.4, 0.5) is 0 Å². The maximum atomic E-state index is 13.2. The molecule has 0 atom stereocenters. The second-order valence-corrected chi connectivity index (χ2v) is 9.39. The van der Waals surface area contributed by atoms with Crippen molar-refractivity contribution in [3.63, 3.8) is 0 Å². The molecule has 0 fully saturated rings. The average Bonchev–Trinajstić information content (AvgIpc) is 2.77. The molecule has 1 heterocycles. The predicted molar refractivity (Wildman–Crippen MR) is 114 cm³/mol. The van der Waals surface area contributed by atoms with Gasteiger partial charge in [0, 0.05) is 13.1 Å². The van der Waals surface area contributed by atoms with Crippen molar-refractivity contribution in [3.05, 3.63) is 101 Å². The van der Waals surface area contributed by atoms with Gasteiger partial charge >= 0.3 is 5.97 Å². The Morgan fingerprint density at radius 1 is 0.967 bits per heavy atom. The SMILES string of the molecule is Cc1cccc(COC(=O)c2cccc(S(=O)(=O)N3CCc4ccccc4C3)c2)c1. The monoisotopic (exact) mass is 421 g/mol. The topological polar surface area (TPSA) is 63.7 Å². The molecule has 5 nitrogen and oxygen atoms in total. The van der Waals surface area contributed by atoms with Crippen LogP contribution in [-0.4, -0.2) is 25.2 Å². The Kier molecular flexibility index (Phi) is 5.70. The summed E-state index contributed by atoms with van der Waals surface area (Å²) in [5.41, 5.74) is 4.39. The van der Waals surface area contributed by atoms with Gasteiger partial charge in [-0.1, -0.05) is 60.2 Å². The number of rotatable bonds is 5. The molecule has 0 bridgehead atoms. The van der Waals surface area contributed by atoms with E-state index in [1.807, 2.05) is 55.5 Å². The van der Waals surface area contributed by atoms with Crippen LogP contribution in [0.3, 0.4) is 0 Å². The minimum Gasteiger partial charge on any atom is -0.457 e. The molecule has 30 heavy (non-hydrogen) atoms. The molecule has 0 N–H and O–H groups in total. The van der Waals surface area contributed by atoms with Crippen molar-refractivity contribution in [2.75, 3.05) is 6.54 Å². The van der Waals surface area contributed by atoms with E-state index in [0.29, 0.717) is 19.5 Å². The summed E-state index contributed by atoms with van der Waals surface area (Å²) in [6.07, 6.45) is 0.674. The van der Waals surface area contributed by atoms with Gasteiger partial charge in [-0.25, -0.2) is 13.2 Å². The lowest BCUT2D eigenvalue weighted by Gasteiger charge is -2.28. The molecule has 0 spiro atoms. The molecule has 154 valence electrons. The zero-order chi connectivity index (χ0) is 21.1. The van der Waals surface area contributed by atoms with E-state index < -0.39 is 16.0 Å². The molecule has 0 radical (unpaired) electrons. The standard InChI is InChI=1S/C24H23NO4S/c1-18-6-4-7-19(14-18)17-29-24(26)21-10-5-11-23(15-21)30(27,28)25-13-12-20-8-2-3-9-22(20)16-25/h2-11,14-15H,12-13,16-17H2,1H3. The highest BCUT2D eigenvalue weighted by Crippen LogP contribution is 2.25. The first kappa shape index (κ1) is 20.3. The van der Waals surface area contributed by atoms with Crippen molar-refractivity contribution in [1.82, 2.24) is 4.31 Å². The highest BCUT2D eigenvalue weighted by Gasteiger charge is 2.28. The summed E-state index contributed by atoms with van der Waals surface area (Å²) in [6.45, 7) is 2.86. The molecule has 0 amide bonds. The van der Waals surface area contributed by atoms with Crippen molar-refractivity contribution >= 4 is 16.0 Å². The van der Waals surface area contributed by atoms with Crippen LogP contribution in [0.1, 0.15) is 32.6 Å². The first-order chi connectivity index (χ1) is 14.4. The third-order valence-electron chi connectivity index (χ3n) is 5.26. The van der Waals surface area contributed by atoms with Gasteiger partial charge in [-0.05, 0) is 48.2 Å². The number of esters is 1. The molecule has 0 aliphatic carbocycles. The zero-order valence-corrected chi connectivity index (χ0v) is 17.6. The Morgan fingerprint density at radius 2 is 1.73 bits per heavy atom. The number of ether oxygens (including phenoxy) is 1. The van der Waals surface area contributed by atoms with Crippen molar-refractivity contribution in [2.45, 2.75) is 31.4 Å². The summed E-state index contributed by atoms with van der Waals surface area (Å²) < 4.78 is 33.2. The molecule has 0 saturated heterocycles. The van der Waals surface area contributed by atoms with E-state index in [-0.39, 0.29) is 17.1 Å². The zero-order valence-electron chi connectivity index (χ0n) is 16.7. The molecule has 6 heteroatoms. The fourth-order valence-corrected chi connectivity index (χ4v) is 5.11. The van der Waals surface area contributed by atoms with Crippen LogP contribution in [-0.2, 0) is 34.3 Å². The molecule has 3 aromatic rings. The van der Waals surface area contributed by atoms with Crippen LogP contribution in [0.15, 0.2) is 77.7 Å². The summed E-state index contributed by atoms with van der Waals surface area (Å²) in [5, 5.41) is 0. The summed E-state index contributed by atoms with van der Waals surface area (Å²) >= 11 is 0. The fraction of sp³-hybridized carbons (Fsp3) is 0.208. The van der Waals surface area contributed by atoms with Crippen LogP contribution < -0.4 is 0 Å². The lowest BCUT2D eigenvalue weighted by Crippen LogP contribution is -2.36. The Morgan fingerprint density at radius 3 is 2.53 bits per heavy atom. The molecule has 1 aliphatic rings. The number of fused-ring (bicyclic) bond motifs is 1. The number of hydrogen-bond donors (Lipinski definition) is 0. The number of benzene rings is 3. The molecule has 0 aromatic heterocycles. The van der Waals surface area contributed by atoms with Gasteiger partial charge in [0.05, 0.1) is 10.5 Å². The smallest absolute Gasteiger partial charge is 0.338 e. The molecule has 1 aliphatic heterocycles. The highest BCUT2D eigenvalue weighted by atomic mass is 32.2. The van der Waals surface area contributed by atoms with E-state index in [0.717, 1.165) is 16.7 Å².